The van der Waals surface area contributed by atoms with Crippen molar-refractivity contribution in [3.63, 3.8) is 0 Å². The lowest BCUT2D eigenvalue weighted by Crippen LogP contribution is -2.31. The van der Waals surface area contributed by atoms with Gasteiger partial charge in [0.05, 0.1) is 13.2 Å². The summed E-state index contributed by atoms with van der Waals surface area (Å²) in [5, 5.41) is 0.871. The van der Waals surface area contributed by atoms with E-state index < -0.39 is 0 Å². The summed E-state index contributed by atoms with van der Waals surface area (Å²) >= 11 is 0. The number of rotatable bonds is 5. The van der Waals surface area contributed by atoms with Gasteiger partial charge in [-0.3, -0.25) is 4.79 Å². The first-order valence-electron chi connectivity index (χ1n) is 10.0. The lowest BCUT2D eigenvalue weighted by molar-refractivity contribution is -0.132. The second kappa shape index (κ2) is 8.11. The van der Waals surface area contributed by atoms with Gasteiger partial charge in [0.1, 0.15) is 11.3 Å². The zero-order chi connectivity index (χ0) is 20.4. The third-order valence-corrected chi connectivity index (χ3v) is 5.84. The Bertz CT molecular complexity index is 1090. The van der Waals surface area contributed by atoms with Crippen LogP contribution in [0.1, 0.15) is 42.0 Å². The molecule has 150 valence electrons. The topological polar surface area (TPSA) is 59.8 Å². The Morgan fingerprint density at radius 1 is 1.21 bits per heavy atom. The summed E-state index contributed by atoms with van der Waals surface area (Å²) in [5.74, 6) is 0.731. The van der Waals surface area contributed by atoms with Crippen molar-refractivity contribution in [3.05, 3.63) is 75.6 Å². The number of carbonyl (C=O) groups excluding carboxylic acids is 1. The normalized spacial score (nSPS) is 16.3. The number of ether oxygens (including phenoxy) is 1. The van der Waals surface area contributed by atoms with Crippen LogP contribution in [-0.4, -0.2) is 24.5 Å². The fourth-order valence-corrected chi connectivity index (χ4v) is 4.25. The molecule has 4 rings (SSSR count). The molecule has 0 radical (unpaired) electrons. The van der Waals surface area contributed by atoms with Crippen LogP contribution in [-0.2, 0) is 11.2 Å². The van der Waals surface area contributed by atoms with E-state index in [0.717, 1.165) is 30.3 Å². The SMILES string of the molecule is COc1ccc2c(C)c(CCC(=O)N3CCCC3c3ccccc3)c(=O)oc2c1. The molecule has 0 saturated carbocycles. The third-order valence-electron chi connectivity index (χ3n) is 5.84. The highest BCUT2D eigenvalue weighted by atomic mass is 16.5. The quantitative estimate of drug-likeness (QED) is 0.605. The predicted molar refractivity (Wildman–Crippen MR) is 112 cm³/mol. The van der Waals surface area contributed by atoms with Gasteiger partial charge in [-0.2, -0.15) is 0 Å². The number of hydrogen-bond donors (Lipinski definition) is 0. The maximum Gasteiger partial charge on any atom is 0.339 e. The zero-order valence-electron chi connectivity index (χ0n) is 16.8. The molecule has 1 amide bonds. The molecule has 29 heavy (non-hydrogen) atoms. The first-order valence-corrected chi connectivity index (χ1v) is 10.0. The van der Waals surface area contributed by atoms with E-state index in [2.05, 4.69) is 12.1 Å². The molecule has 5 heteroatoms. The standard InChI is InChI=1S/C24H25NO4/c1-16-19-11-10-18(28-2)15-22(19)29-24(27)20(16)12-13-23(26)25-14-6-9-21(25)17-7-4-3-5-8-17/h3-5,7-8,10-11,15,21H,6,9,12-14H2,1-2H3. The smallest absolute Gasteiger partial charge is 0.339 e. The number of methoxy groups -OCH3 is 1. The van der Waals surface area contributed by atoms with E-state index in [1.54, 1.807) is 13.2 Å². The van der Waals surface area contributed by atoms with E-state index >= 15 is 0 Å². The Hall–Kier alpha value is -3.08. The van der Waals surface area contributed by atoms with Gasteiger partial charge in [0.25, 0.3) is 0 Å². The number of fused-ring (bicyclic) bond motifs is 1. The molecule has 0 spiro atoms. The van der Waals surface area contributed by atoms with E-state index in [9.17, 15) is 9.59 Å². The zero-order valence-corrected chi connectivity index (χ0v) is 16.8. The first-order chi connectivity index (χ1) is 14.1. The first kappa shape index (κ1) is 19.2. The van der Waals surface area contributed by atoms with E-state index in [1.165, 1.54) is 5.56 Å². The van der Waals surface area contributed by atoms with Crippen molar-refractivity contribution in [2.45, 2.75) is 38.6 Å². The van der Waals surface area contributed by atoms with Crippen LogP contribution < -0.4 is 10.4 Å². The molecule has 1 aromatic heterocycles. The van der Waals surface area contributed by atoms with Gasteiger partial charge in [0.15, 0.2) is 0 Å². The highest BCUT2D eigenvalue weighted by molar-refractivity contribution is 5.83. The fraction of sp³-hybridized carbons (Fsp3) is 0.333. The summed E-state index contributed by atoms with van der Waals surface area (Å²) in [6, 6.07) is 15.7. The largest absolute Gasteiger partial charge is 0.497 e. The van der Waals surface area contributed by atoms with Gasteiger partial charge in [-0.1, -0.05) is 30.3 Å². The van der Waals surface area contributed by atoms with Crippen LogP contribution in [0.3, 0.4) is 0 Å². The number of nitrogens with zero attached hydrogens (tertiary/aromatic N) is 1. The number of hydrogen-bond acceptors (Lipinski definition) is 4. The van der Waals surface area contributed by atoms with Crippen molar-refractivity contribution in [1.82, 2.24) is 4.90 Å². The van der Waals surface area contributed by atoms with Gasteiger partial charge in [-0.05, 0) is 49.4 Å². The van der Waals surface area contributed by atoms with Crippen LogP contribution in [0, 0.1) is 6.92 Å². The lowest BCUT2D eigenvalue weighted by atomic mass is 10.0. The van der Waals surface area contributed by atoms with Gasteiger partial charge in [-0.25, -0.2) is 4.79 Å². The Kier molecular flexibility index (Phi) is 5.38. The average Bonchev–Trinajstić information content (AvgIpc) is 3.23. The Balaban J connectivity index is 1.53. The summed E-state index contributed by atoms with van der Waals surface area (Å²) in [4.78, 5) is 27.4. The molecule has 1 saturated heterocycles. The average molecular weight is 391 g/mol. The lowest BCUT2D eigenvalue weighted by Gasteiger charge is -2.25. The number of benzene rings is 2. The van der Waals surface area contributed by atoms with Crippen LogP contribution in [0.2, 0.25) is 0 Å². The van der Waals surface area contributed by atoms with Gasteiger partial charge >= 0.3 is 5.63 Å². The number of carbonyl (C=O) groups is 1. The highest BCUT2D eigenvalue weighted by Crippen LogP contribution is 2.32. The summed E-state index contributed by atoms with van der Waals surface area (Å²) in [6.07, 6.45) is 2.67. The fourth-order valence-electron chi connectivity index (χ4n) is 4.25. The molecule has 2 heterocycles. The monoisotopic (exact) mass is 391 g/mol. The minimum atomic E-state index is -0.378. The van der Waals surface area contributed by atoms with Gasteiger partial charge in [0.2, 0.25) is 5.91 Å². The molecule has 1 aliphatic heterocycles. The Morgan fingerprint density at radius 3 is 2.76 bits per heavy atom. The van der Waals surface area contributed by atoms with E-state index in [0.29, 0.717) is 29.7 Å². The van der Waals surface area contributed by atoms with Crippen molar-refractivity contribution in [2.24, 2.45) is 0 Å². The van der Waals surface area contributed by atoms with Gasteiger partial charge < -0.3 is 14.1 Å². The third kappa shape index (κ3) is 3.77. The van der Waals surface area contributed by atoms with Crippen molar-refractivity contribution >= 4 is 16.9 Å². The van der Waals surface area contributed by atoms with E-state index in [1.807, 2.05) is 42.2 Å². The van der Waals surface area contributed by atoms with Crippen LogP contribution in [0.5, 0.6) is 5.75 Å². The number of likely N-dealkylation sites (tertiary alicyclic amines) is 1. The van der Waals surface area contributed by atoms with Crippen molar-refractivity contribution in [3.8, 4) is 5.75 Å². The summed E-state index contributed by atoms with van der Waals surface area (Å²) in [5.41, 5.74) is 2.75. The van der Waals surface area contributed by atoms with Crippen LogP contribution in [0.25, 0.3) is 11.0 Å². The van der Waals surface area contributed by atoms with Crippen LogP contribution in [0.4, 0.5) is 0 Å². The Morgan fingerprint density at radius 2 is 2.00 bits per heavy atom. The molecule has 1 atom stereocenters. The molecule has 0 aliphatic carbocycles. The van der Waals surface area contributed by atoms with Crippen LogP contribution >= 0.6 is 0 Å². The molecule has 0 N–H and O–H groups in total. The molecule has 2 aromatic carbocycles. The second-order valence-corrected chi connectivity index (χ2v) is 7.51. The number of amides is 1. The minimum Gasteiger partial charge on any atom is -0.497 e. The number of aryl methyl sites for hydroxylation is 1. The predicted octanol–water partition coefficient (Wildman–Crippen LogP) is 4.41. The van der Waals surface area contributed by atoms with Crippen molar-refractivity contribution in [2.75, 3.05) is 13.7 Å². The molecule has 1 aliphatic rings. The molecule has 1 unspecified atom stereocenters. The van der Waals surface area contributed by atoms with E-state index in [-0.39, 0.29) is 17.6 Å². The molecular formula is C24H25NO4. The van der Waals surface area contributed by atoms with Gasteiger partial charge in [-0.15, -0.1) is 0 Å². The molecule has 1 fully saturated rings. The summed E-state index contributed by atoms with van der Waals surface area (Å²) < 4.78 is 10.7. The summed E-state index contributed by atoms with van der Waals surface area (Å²) in [7, 11) is 1.58. The van der Waals surface area contributed by atoms with Crippen molar-refractivity contribution < 1.29 is 13.9 Å². The highest BCUT2D eigenvalue weighted by Gasteiger charge is 2.29. The molecule has 5 nitrogen and oxygen atoms in total. The van der Waals surface area contributed by atoms with Crippen molar-refractivity contribution in [1.29, 1.82) is 0 Å². The summed E-state index contributed by atoms with van der Waals surface area (Å²) in [6.45, 7) is 2.68. The second-order valence-electron chi connectivity index (χ2n) is 7.51. The molecular weight excluding hydrogens is 366 g/mol. The van der Waals surface area contributed by atoms with E-state index in [4.69, 9.17) is 9.15 Å². The molecule has 0 bridgehead atoms. The maximum atomic E-state index is 12.9. The maximum absolute atomic E-state index is 12.9. The molecule has 3 aromatic rings. The Labute approximate surface area is 169 Å². The minimum absolute atomic E-state index is 0.0879. The van der Waals surface area contributed by atoms with Crippen LogP contribution in [0.15, 0.2) is 57.7 Å². The van der Waals surface area contributed by atoms with Gasteiger partial charge in [0, 0.05) is 30.0 Å².